The Labute approximate surface area is 141 Å². The summed E-state index contributed by atoms with van der Waals surface area (Å²) in [5.41, 5.74) is 3.84. The second-order valence-electron chi connectivity index (χ2n) is 4.48. The Balaban J connectivity index is 1.59. The predicted molar refractivity (Wildman–Crippen MR) is 91.1 cm³/mol. The molecule has 0 aliphatic carbocycles. The maximum Gasteiger partial charge on any atom is 0.264 e. The summed E-state index contributed by atoms with van der Waals surface area (Å²) in [4.78, 5) is 0. The van der Waals surface area contributed by atoms with Crippen LogP contribution in [-0.4, -0.2) is 21.1 Å². The second-order valence-corrected chi connectivity index (χ2v) is 5.86. The first kappa shape index (κ1) is 15.4. The second kappa shape index (κ2) is 7.21. The largest absolute Gasteiger partial charge is 0.463 e. The van der Waals surface area contributed by atoms with Crippen molar-refractivity contribution in [2.45, 2.75) is 10.9 Å². The average Bonchev–Trinajstić information content (AvgIpc) is 3.18. The molecule has 9 heteroatoms. The quantitative estimate of drug-likeness (QED) is 0.308. The Morgan fingerprint density at radius 3 is 2.87 bits per heavy atom. The highest BCUT2D eigenvalue weighted by molar-refractivity contribution is 7.98. The van der Waals surface area contributed by atoms with Crippen molar-refractivity contribution in [3.05, 3.63) is 59.0 Å². The molecule has 3 aromatic rings. The van der Waals surface area contributed by atoms with Gasteiger partial charge in [-0.2, -0.15) is 5.10 Å². The van der Waals surface area contributed by atoms with Crippen LogP contribution in [0.1, 0.15) is 11.3 Å². The minimum absolute atomic E-state index is 0.339. The van der Waals surface area contributed by atoms with Crippen molar-refractivity contribution >= 4 is 35.5 Å². The molecule has 1 aromatic carbocycles. The molecule has 0 aliphatic rings. The number of nitrogens with two attached hydrogens (primary N) is 1. The lowest BCUT2D eigenvalue weighted by Crippen LogP contribution is -2.13. The summed E-state index contributed by atoms with van der Waals surface area (Å²) in [7, 11) is 0. The van der Waals surface area contributed by atoms with Gasteiger partial charge in [0.15, 0.2) is 0 Å². The summed E-state index contributed by atoms with van der Waals surface area (Å²) < 4.78 is 6.47. The molecule has 0 fully saturated rings. The number of aromatic nitrogens is 3. The third-order valence-corrected chi connectivity index (χ3v) is 4.11. The van der Waals surface area contributed by atoms with E-state index in [9.17, 15) is 0 Å². The van der Waals surface area contributed by atoms with Gasteiger partial charge in [0.05, 0.1) is 12.5 Å². The first-order valence-corrected chi connectivity index (χ1v) is 7.99. The third kappa shape index (κ3) is 4.05. The van der Waals surface area contributed by atoms with Gasteiger partial charge < -0.3 is 10.3 Å². The number of nitrogen functional groups attached to an aromatic ring is 1. The van der Waals surface area contributed by atoms with Gasteiger partial charge >= 0.3 is 0 Å². The highest BCUT2D eigenvalue weighted by Crippen LogP contribution is 2.22. The number of benzene rings is 1. The normalized spacial score (nSPS) is 11.2. The molecule has 3 N–H and O–H groups in total. The van der Waals surface area contributed by atoms with Crippen LogP contribution in [0, 0.1) is 0 Å². The number of hydrogen-bond acceptors (Lipinski definition) is 7. The monoisotopic (exact) mass is 348 g/mol. The molecule has 0 unspecified atom stereocenters. The average molecular weight is 349 g/mol. The minimum Gasteiger partial charge on any atom is -0.463 e. The molecule has 0 bridgehead atoms. The Bertz CT molecular complexity index is 784. The first-order valence-electron chi connectivity index (χ1n) is 6.62. The fraction of sp³-hybridized carbons (Fsp3) is 0.0714. The molecule has 118 valence electrons. The van der Waals surface area contributed by atoms with Crippen molar-refractivity contribution in [3.63, 3.8) is 0 Å². The Morgan fingerprint density at radius 1 is 1.30 bits per heavy atom. The Morgan fingerprint density at radius 2 is 2.13 bits per heavy atom. The molecule has 0 amide bonds. The molecule has 0 saturated heterocycles. The molecule has 3 rings (SSSR count). The number of furan rings is 1. The van der Waals surface area contributed by atoms with E-state index in [1.54, 1.807) is 18.4 Å². The zero-order valence-electron chi connectivity index (χ0n) is 11.9. The zero-order chi connectivity index (χ0) is 16.1. The number of nitrogens with zero attached hydrogens (tertiary/aromatic N) is 4. The zero-order valence-corrected chi connectivity index (χ0v) is 13.5. The van der Waals surface area contributed by atoms with Gasteiger partial charge in [-0.3, -0.25) is 0 Å². The Kier molecular flexibility index (Phi) is 4.84. The van der Waals surface area contributed by atoms with E-state index < -0.39 is 0 Å². The third-order valence-electron chi connectivity index (χ3n) is 2.85. The summed E-state index contributed by atoms with van der Waals surface area (Å²) >= 11 is 7.33. The fourth-order valence-corrected chi connectivity index (χ4v) is 2.64. The van der Waals surface area contributed by atoms with Gasteiger partial charge in [-0.1, -0.05) is 35.5 Å². The van der Waals surface area contributed by atoms with Crippen molar-refractivity contribution in [2.75, 3.05) is 11.3 Å². The molecule has 2 heterocycles. The highest BCUT2D eigenvalue weighted by Gasteiger charge is 2.09. The molecule has 0 aliphatic heterocycles. The van der Waals surface area contributed by atoms with Crippen molar-refractivity contribution in [1.82, 2.24) is 14.9 Å². The van der Waals surface area contributed by atoms with Crippen molar-refractivity contribution in [1.29, 1.82) is 0 Å². The topological polar surface area (TPSA) is 94.3 Å². The van der Waals surface area contributed by atoms with E-state index in [0.29, 0.717) is 27.6 Å². The number of rotatable bonds is 6. The first-order chi connectivity index (χ1) is 11.2. The summed E-state index contributed by atoms with van der Waals surface area (Å²) in [6.45, 7) is 0. The summed E-state index contributed by atoms with van der Waals surface area (Å²) in [5.74, 6) is 7.61. The van der Waals surface area contributed by atoms with Gasteiger partial charge in [0, 0.05) is 10.8 Å². The number of hydrazone groups is 1. The number of thioether (sulfide) groups is 1. The molecule has 0 saturated carbocycles. The molecule has 0 radical (unpaired) electrons. The van der Waals surface area contributed by atoms with E-state index in [0.717, 1.165) is 5.56 Å². The summed E-state index contributed by atoms with van der Waals surface area (Å²) in [6, 6.07) is 11.2. The van der Waals surface area contributed by atoms with Crippen molar-refractivity contribution in [2.24, 2.45) is 5.10 Å². The smallest absolute Gasteiger partial charge is 0.264 e. The predicted octanol–water partition coefficient (Wildman–Crippen LogP) is 2.98. The van der Waals surface area contributed by atoms with Crippen LogP contribution in [0.2, 0.25) is 5.02 Å². The lowest BCUT2D eigenvalue weighted by molar-refractivity contribution is 0.560. The van der Waals surface area contributed by atoms with E-state index in [4.69, 9.17) is 21.9 Å². The van der Waals surface area contributed by atoms with E-state index in [1.807, 2.05) is 24.3 Å². The van der Waals surface area contributed by atoms with Crippen molar-refractivity contribution in [3.8, 4) is 0 Å². The van der Waals surface area contributed by atoms with Crippen LogP contribution in [0.25, 0.3) is 0 Å². The maximum atomic E-state index is 5.94. The lowest BCUT2D eigenvalue weighted by atomic mass is 10.2. The fourth-order valence-electron chi connectivity index (χ4n) is 1.70. The molecule has 0 atom stereocenters. The van der Waals surface area contributed by atoms with Crippen LogP contribution in [0.15, 0.2) is 57.3 Å². The molecule has 0 spiro atoms. The van der Waals surface area contributed by atoms with Gasteiger partial charge in [0.1, 0.15) is 5.76 Å². The van der Waals surface area contributed by atoms with Crippen LogP contribution >= 0.6 is 23.4 Å². The molecule has 7 nitrogen and oxygen atoms in total. The maximum absolute atomic E-state index is 5.94. The lowest BCUT2D eigenvalue weighted by Gasteiger charge is -2.03. The number of nitrogens with one attached hydrogen (secondary N) is 1. The van der Waals surface area contributed by atoms with Gasteiger partial charge in [-0.05, 0) is 29.8 Å². The number of hydrogen-bond donors (Lipinski definition) is 2. The van der Waals surface area contributed by atoms with Crippen LogP contribution in [0.4, 0.5) is 5.95 Å². The van der Waals surface area contributed by atoms with E-state index in [-0.39, 0.29) is 0 Å². The van der Waals surface area contributed by atoms with Gasteiger partial charge in [0.2, 0.25) is 5.16 Å². The summed E-state index contributed by atoms with van der Waals surface area (Å²) in [6.07, 6.45) is 3.09. The van der Waals surface area contributed by atoms with Gasteiger partial charge in [-0.25, -0.2) is 10.1 Å². The summed E-state index contributed by atoms with van der Waals surface area (Å²) in [5, 5.41) is 13.3. The van der Waals surface area contributed by atoms with E-state index in [2.05, 4.69) is 20.7 Å². The molecular weight excluding hydrogens is 336 g/mol. The minimum atomic E-state index is 0.339. The van der Waals surface area contributed by atoms with E-state index >= 15 is 0 Å². The van der Waals surface area contributed by atoms with E-state index in [1.165, 1.54) is 22.7 Å². The van der Waals surface area contributed by atoms with Crippen molar-refractivity contribution < 1.29 is 4.42 Å². The standard InChI is InChI=1S/C14H13ClN6OS/c15-11-5-3-10(4-6-11)9-23-14-20-19-13(21(14)16)18-17-8-12-2-1-7-22-12/h1-8H,9,16H2,(H,18,19)/b17-8+. The van der Waals surface area contributed by atoms with Crippen LogP contribution in [0.3, 0.4) is 0 Å². The molecule has 2 aromatic heterocycles. The highest BCUT2D eigenvalue weighted by atomic mass is 35.5. The van der Waals surface area contributed by atoms with Gasteiger partial charge in [-0.15, -0.1) is 10.2 Å². The Hall–Kier alpha value is -2.45. The number of halogens is 1. The SMILES string of the molecule is Nn1c(N/N=C/c2ccco2)nnc1SCc1ccc(Cl)cc1. The van der Waals surface area contributed by atoms with Crippen LogP contribution < -0.4 is 11.3 Å². The number of anilines is 1. The molecule has 23 heavy (non-hydrogen) atoms. The van der Waals surface area contributed by atoms with Crippen LogP contribution in [0.5, 0.6) is 0 Å². The molecular formula is C14H13ClN6OS. The van der Waals surface area contributed by atoms with Crippen LogP contribution in [-0.2, 0) is 5.75 Å². The van der Waals surface area contributed by atoms with Gasteiger partial charge in [0.25, 0.3) is 5.95 Å².